The van der Waals surface area contributed by atoms with Gasteiger partial charge in [-0.05, 0) is 61.7 Å². The average Bonchev–Trinajstić information content (AvgIpc) is 2.78. The Morgan fingerprint density at radius 2 is 1.70 bits per heavy atom. The Hall–Kier alpha value is -1.98. The summed E-state index contributed by atoms with van der Waals surface area (Å²) < 4.78 is 5.30. The highest BCUT2D eigenvalue weighted by Gasteiger charge is 2.24. The number of halogens is 1. The van der Waals surface area contributed by atoms with Crippen LogP contribution in [0.25, 0.3) is 0 Å². The third kappa shape index (κ3) is 6.51. The molecule has 0 atom stereocenters. The highest BCUT2D eigenvalue weighted by Crippen LogP contribution is 2.25. The summed E-state index contributed by atoms with van der Waals surface area (Å²) >= 11 is 7.61. The monoisotopic (exact) mass is 445 g/mol. The molecule has 2 aromatic carbocycles. The van der Waals surface area contributed by atoms with Gasteiger partial charge in [0.25, 0.3) is 5.91 Å². The summed E-state index contributed by atoms with van der Waals surface area (Å²) in [7, 11) is 0. The summed E-state index contributed by atoms with van der Waals surface area (Å²) in [4.78, 5) is 27.9. The summed E-state index contributed by atoms with van der Waals surface area (Å²) in [6.07, 6.45) is 5.66. The number of nitrogens with zero attached hydrogens (tertiary/aromatic N) is 1. The number of rotatable bonds is 8. The molecule has 0 aromatic heterocycles. The third-order valence-corrected chi connectivity index (χ3v) is 6.75. The van der Waals surface area contributed by atoms with E-state index in [1.807, 2.05) is 48.2 Å². The van der Waals surface area contributed by atoms with Crippen LogP contribution < -0.4 is 0 Å². The van der Waals surface area contributed by atoms with Gasteiger partial charge < -0.3 is 9.64 Å². The molecule has 0 unspecified atom stereocenters. The highest BCUT2D eigenvalue weighted by atomic mass is 35.5. The number of likely N-dealkylation sites (N-methyl/N-ethyl adjacent to an activating group) is 1. The van der Waals surface area contributed by atoms with Crippen molar-refractivity contribution < 1.29 is 14.3 Å². The number of carbonyl (C=O) groups is 2. The van der Waals surface area contributed by atoms with E-state index in [1.165, 1.54) is 6.42 Å². The van der Waals surface area contributed by atoms with Crippen molar-refractivity contribution >= 4 is 35.2 Å². The van der Waals surface area contributed by atoms with E-state index in [4.69, 9.17) is 16.3 Å². The van der Waals surface area contributed by atoms with Crippen LogP contribution in [0.5, 0.6) is 0 Å². The molecule has 0 heterocycles. The zero-order valence-electron chi connectivity index (χ0n) is 17.3. The first-order valence-electron chi connectivity index (χ1n) is 10.5. The number of thioether (sulfide) groups is 1. The maximum atomic E-state index is 12.5. The van der Waals surface area contributed by atoms with Crippen LogP contribution in [0.15, 0.2) is 53.4 Å². The predicted octanol–water partition coefficient (Wildman–Crippen LogP) is 5.97. The third-order valence-electron chi connectivity index (χ3n) is 5.41. The fourth-order valence-corrected chi connectivity index (χ4v) is 4.74. The Labute approximate surface area is 187 Å². The maximum Gasteiger partial charge on any atom is 0.338 e. The van der Waals surface area contributed by atoms with Crippen molar-refractivity contribution in [1.82, 2.24) is 4.90 Å². The quantitative estimate of drug-likeness (QED) is 0.371. The molecule has 1 saturated carbocycles. The normalized spacial score (nSPS) is 14.3. The van der Waals surface area contributed by atoms with E-state index in [0.717, 1.165) is 46.9 Å². The molecule has 1 aliphatic carbocycles. The van der Waals surface area contributed by atoms with Crippen molar-refractivity contribution in [2.45, 2.75) is 55.7 Å². The van der Waals surface area contributed by atoms with Gasteiger partial charge in [0, 0.05) is 28.3 Å². The second-order valence-corrected chi connectivity index (χ2v) is 8.97. The van der Waals surface area contributed by atoms with Gasteiger partial charge >= 0.3 is 5.97 Å². The first kappa shape index (κ1) is 22.7. The van der Waals surface area contributed by atoms with Gasteiger partial charge in [-0.1, -0.05) is 43.0 Å². The Kier molecular flexibility index (Phi) is 8.64. The van der Waals surface area contributed by atoms with Crippen LogP contribution in [-0.2, 0) is 15.3 Å². The van der Waals surface area contributed by atoms with E-state index >= 15 is 0 Å². The van der Waals surface area contributed by atoms with Gasteiger partial charge in [0.2, 0.25) is 0 Å². The topological polar surface area (TPSA) is 46.6 Å². The SMILES string of the molecule is CCN(C(=O)COC(=O)c1ccc(CSc2ccc(Cl)cc2)cc1)C1CCCCC1. The second-order valence-electron chi connectivity index (χ2n) is 7.49. The number of carbonyl (C=O) groups excluding carboxylic acids is 2. The minimum absolute atomic E-state index is 0.103. The molecule has 0 saturated heterocycles. The molecule has 6 heteroatoms. The number of benzene rings is 2. The molecular formula is C24H28ClNO3S. The van der Waals surface area contributed by atoms with Gasteiger partial charge in [0.05, 0.1) is 5.56 Å². The van der Waals surface area contributed by atoms with Crippen LogP contribution in [0.3, 0.4) is 0 Å². The Morgan fingerprint density at radius 1 is 1.03 bits per heavy atom. The first-order valence-corrected chi connectivity index (χ1v) is 11.9. The van der Waals surface area contributed by atoms with Crippen molar-refractivity contribution in [3.8, 4) is 0 Å². The van der Waals surface area contributed by atoms with E-state index in [1.54, 1.807) is 23.9 Å². The van der Waals surface area contributed by atoms with Crippen LogP contribution >= 0.6 is 23.4 Å². The van der Waals surface area contributed by atoms with Gasteiger partial charge in [-0.3, -0.25) is 4.79 Å². The molecule has 1 aliphatic rings. The molecule has 0 N–H and O–H groups in total. The van der Waals surface area contributed by atoms with Gasteiger partial charge in [-0.25, -0.2) is 4.79 Å². The van der Waals surface area contributed by atoms with E-state index < -0.39 is 5.97 Å². The van der Waals surface area contributed by atoms with E-state index in [0.29, 0.717) is 12.1 Å². The molecule has 0 radical (unpaired) electrons. The van der Waals surface area contributed by atoms with Crippen molar-refractivity contribution in [3.63, 3.8) is 0 Å². The van der Waals surface area contributed by atoms with Crippen LogP contribution in [-0.4, -0.2) is 36.0 Å². The molecule has 30 heavy (non-hydrogen) atoms. The molecule has 160 valence electrons. The number of esters is 1. The Bertz CT molecular complexity index is 833. The van der Waals surface area contributed by atoms with Gasteiger partial charge in [-0.15, -0.1) is 11.8 Å². The summed E-state index contributed by atoms with van der Waals surface area (Å²) in [5, 5.41) is 0.724. The largest absolute Gasteiger partial charge is 0.452 e. The van der Waals surface area contributed by atoms with Crippen molar-refractivity contribution in [3.05, 3.63) is 64.7 Å². The van der Waals surface area contributed by atoms with Crippen LogP contribution in [0.4, 0.5) is 0 Å². The maximum absolute atomic E-state index is 12.5. The van der Waals surface area contributed by atoms with Crippen molar-refractivity contribution in [2.24, 2.45) is 0 Å². The lowest BCUT2D eigenvalue weighted by Crippen LogP contribution is -2.43. The standard InChI is InChI=1S/C24H28ClNO3S/c1-2-26(21-6-4-3-5-7-21)23(27)16-29-24(28)19-10-8-18(9-11-19)17-30-22-14-12-20(25)13-15-22/h8-15,21H,2-7,16-17H2,1H3. The molecule has 0 spiro atoms. The van der Waals surface area contributed by atoms with Crippen LogP contribution in [0, 0.1) is 0 Å². The zero-order chi connectivity index (χ0) is 21.3. The molecule has 1 fully saturated rings. The molecule has 4 nitrogen and oxygen atoms in total. The van der Waals surface area contributed by atoms with E-state index in [2.05, 4.69) is 0 Å². The van der Waals surface area contributed by atoms with Crippen molar-refractivity contribution in [2.75, 3.05) is 13.2 Å². The zero-order valence-corrected chi connectivity index (χ0v) is 18.9. The highest BCUT2D eigenvalue weighted by molar-refractivity contribution is 7.98. The predicted molar refractivity (Wildman–Crippen MR) is 122 cm³/mol. The van der Waals surface area contributed by atoms with E-state index in [-0.39, 0.29) is 18.6 Å². The van der Waals surface area contributed by atoms with E-state index in [9.17, 15) is 9.59 Å². The van der Waals surface area contributed by atoms with Gasteiger partial charge in [0.1, 0.15) is 0 Å². The fourth-order valence-electron chi connectivity index (χ4n) is 3.76. The number of hydrogen-bond acceptors (Lipinski definition) is 4. The Balaban J connectivity index is 1.47. The smallest absolute Gasteiger partial charge is 0.338 e. The summed E-state index contributed by atoms with van der Waals surface area (Å²) in [5.74, 6) is 0.233. The second kappa shape index (κ2) is 11.4. The van der Waals surface area contributed by atoms with Gasteiger partial charge in [-0.2, -0.15) is 0 Å². The molecule has 0 bridgehead atoms. The average molecular weight is 446 g/mol. The fraction of sp³-hybridized carbons (Fsp3) is 0.417. The lowest BCUT2D eigenvalue weighted by atomic mass is 9.94. The number of amides is 1. The summed E-state index contributed by atoms with van der Waals surface area (Å²) in [6.45, 7) is 2.44. The minimum Gasteiger partial charge on any atom is -0.452 e. The summed E-state index contributed by atoms with van der Waals surface area (Å²) in [5.41, 5.74) is 1.57. The van der Waals surface area contributed by atoms with Crippen LogP contribution in [0.1, 0.15) is 54.9 Å². The number of hydrogen-bond donors (Lipinski definition) is 0. The molecule has 0 aliphatic heterocycles. The minimum atomic E-state index is -0.458. The first-order chi connectivity index (χ1) is 14.6. The lowest BCUT2D eigenvalue weighted by molar-refractivity contribution is -0.137. The lowest BCUT2D eigenvalue weighted by Gasteiger charge is -2.33. The van der Waals surface area contributed by atoms with Crippen molar-refractivity contribution in [1.29, 1.82) is 0 Å². The Morgan fingerprint density at radius 3 is 2.33 bits per heavy atom. The summed E-state index contributed by atoms with van der Waals surface area (Å²) in [6, 6.07) is 15.4. The molecular weight excluding hydrogens is 418 g/mol. The molecule has 3 rings (SSSR count). The van der Waals surface area contributed by atoms with Crippen LogP contribution in [0.2, 0.25) is 5.02 Å². The molecule has 1 amide bonds. The molecule has 2 aromatic rings. The van der Waals surface area contributed by atoms with Gasteiger partial charge in [0.15, 0.2) is 6.61 Å². The number of ether oxygens (including phenoxy) is 1.